The fraction of sp³-hybridized carbons (Fsp3) is 0.125. The summed E-state index contributed by atoms with van der Waals surface area (Å²) in [6, 6.07) is 8.73. The first kappa shape index (κ1) is 18.9. The van der Waals surface area contributed by atoms with Crippen molar-refractivity contribution in [2.45, 2.75) is 6.92 Å². The molecule has 9 heteroatoms. The summed E-state index contributed by atoms with van der Waals surface area (Å²) in [6.45, 7) is 1.35. The van der Waals surface area contributed by atoms with Gasteiger partial charge in [0.2, 0.25) is 0 Å². The van der Waals surface area contributed by atoms with Gasteiger partial charge in [-0.1, -0.05) is 17.7 Å². The second-order valence-electron chi connectivity index (χ2n) is 5.03. The van der Waals surface area contributed by atoms with E-state index in [1.807, 2.05) is 19.1 Å². The number of ether oxygens (including phenoxy) is 1. The quantitative estimate of drug-likeness (QED) is 0.440. The SMILES string of the molecule is Cc1ccc(NC(=O)COC(=O)c2cc([N+](=O)[O-])ccc2Cl)c(Br)c1. The Morgan fingerprint density at radius 2 is 2.00 bits per heavy atom. The molecule has 0 saturated carbocycles. The van der Waals surface area contributed by atoms with Crippen molar-refractivity contribution < 1.29 is 19.2 Å². The van der Waals surface area contributed by atoms with Gasteiger partial charge in [0.05, 0.1) is 21.2 Å². The summed E-state index contributed by atoms with van der Waals surface area (Å²) in [7, 11) is 0. The van der Waals surface area contributed by atoms with E-state index in [9.17, 15) is 19.7 Å². The highest BCUT2D eigenvalue weighted by molar-refractivity contribution is 9.10. The van der Waals surface area contributed by atoms with Gasteiger partial charge in [-0.3, -0.25) is 14.9 Å². The number of esters is 1. The fourth-order valence-electron chi connectivity index (χ4n) is 1.90. The topological polar surface area (TPSA) is 98.5 Å². The number of aryl methyl sites for hydroxylation is 1. The maximum absolute atomic E-state index is 12.0. The maximum Gasteiger partial charge on any atom is 0.340 e. The lowest BCUT2D eigenvalue weighted by Gasteiger charge is -2.09. The number of amides is 1. The van der Waals surface area contributed by atoms with Crippen molar-refractivity contribution in [1.29, 1.82) is 0 Å². The molecule has 0 bridgehead atoms. The summed E-state index contributed by atoms with van der Waals surface area (Å²) in [6.07, 6.45) is 0. The van der Waals surface area contributed by atoms with Crippen LogP contribution < -0.4 is 5.32 Å². The Balaban J connectivity index is 2.01. The molecule has 130 valence electrons. The van der Waals surface area contributed by atoms with Gasteiger partial charge in [-0.2, -0.15) is 0 Å². The molecule has 25 heavy (non-hydrogen) atoms. The smallest absolute Gasteiger partial charge is 0.340 e. The van der Waals surface area contributed by atoms with Crippen molar-refractivity contribution in [2.75, 3.05) is 11.9 Å². The Bertz CT molecular complexity index is 856. The summed E-state index contributed by atoms with van der Waals surface area (Å²) >= 11 is 9.17. The molecule has 0 aliphatic carbocycles. The van der Waals surface area contributed by atoms with E-state index < -0.39 is 23.4 Å². The van der Waals surface area contributed by atoms with Crippen LogP contribution in [0.15, 0.2) is 40.9 Å². The van der Waals surface area contributed by atoms with Crippen LogP contribution in [0.3, 0.4) is 0 Å². The molecule has 2 aromatic rings. The minimum Gasteiger partial charge on any atom is -0.452 e. The van der Waals surface area contributed by atoms with E-state index in [1.54, 1.807) is 6.07 Å². The van der Waals surface area contributed by atoms with Crippen LogP contribution in [-0.4, -0.2) is 23.4 Å². The van der Waals surface area contributed by atoms with Crippen LogP contribution in [0.5, 0.6) is 0 Å². The molecule has 0 unspecified atom stereocenters. The molecular formula is C16H12BrClN2O5. The first-order chi connectivity index (χ1) is 11.8. The highest BCUT2D eigenvalue weighted by Gasteiger charge is 2.18. The van der Waals surface area contributed by atoms with Gasteiger partial charge in [0.15, 0.2) is 6.61 Å². The average Bonchev–Trinajstić information content (AvgIpc) is 2.55. The molecule has 0 heterocycles. The van der Waals surface area contributed by atoms with Crippen LogP contribution in [0.2, 0.25) is 5.02 Å². The third-order valence-electron chi connectivity index (χ3n) is 3.11. The number of nitrogens with zero attached hydrogens (tertiary/aromatic N) is 1. The number of anilines is 1. The van der Waals surface area contributed by atoms with Gasteiger partial charge in [-0.25, -0.2) is 4.79 Å². The van der Waals surface area contributed by atoms with E-state index in [0.717, 1.165) is 11.6 Å². The second kappa shape index (κ2) is 8.09. The van der Waals surface area contributed by atoms with Crippen LogP contribution in [0.4, 0.5) is 11.4 Å². The van der Waals surface area contributed by atoms with Crippen molar-refractivity contribution in [2.24, 2.45) is 0 Å². The minimum absolute atomic E-state index is 0.00251. The number of hydrogen-bond donors (Lipinski definition) is 1. The van der Waals surface area contributed by atoms with Crippen molar-refractivity contribution in [1.82, 2.24) is 0 Å². The van der Waals surface area contributed by atoms with E-state index in [0.29, 0.717) is 10.2 Å². The number of nitrogens with one attached hydrogen (secondary N) is 1. The third kappa shape index (κ3) is 5.01. The number of carbonyl (C=O) groups is 2. The number of nitro groups is 1. The normalized spacial score (nSPS) is 10.2. The van der Waals surface area contributed by atoms with Crippen molar-refractivity contribution >= 4 is 50.8 Å². The molecule has 0 radical (unpaired) electrons. The predicted octanol–water partition coefficient (Wildman–Crippen LogP) is 4.11. The highest BCUT2D eigenvalue weighted by Crippen LogP contribution is 2.24. The number of non-ortho nitro benzene ring substituents is 1. The van der Waals surface area contributed by atoms with Gasteiger partial charge in [0.1, 0.15) is 0 Å². The first-order valence-corrected chi connectivity index (χ1v) is 8.12. The van der Waals surface area contributed by atoms with Crippen LogP contribution >= 0.6 is 27.5 Å². The Labute approximate surface area is 156 Å². The number of carbonyl (C=O) groups excluding carboxylic acids is 2. The molecule has 0 aromatic heterocycles. The summed E-state index contributed by atoms with van der Waals surface area (Å²) in [4.78, 5) is 34.0. The molecule has 0 saturated heterocycles. The first-order valence-electron chi connectivity index (χ1n) is 6.95. The van der Waals surface area contributed by atoms with Gasteiger partial charge in [0, 0.05) is 16.6 Å². The standard InChI is InChI=1S/C16H12BrClN2O5/c1-9-2-5-14(12(17)6-9)19-15(21)8-25-16(22)11-7-10(20(23)24)3-4-13(11)18/h2-7H,8H2,1H3,(H,19,21). The van der Waals surface area contributed by atoms with Crippen LogP contribution in [0.25, 0.3) is 0 Å². The minimum atomic E-state index is -0.924. The molecule has 1 amide bonds. The van der Waals surface area contributed by atoms with Gasteiger partial charge < -0.3 is 10.1 Å². The lowest BCUT2D eigenvalue weighted by Crippen LogP contribution is -2.21. The number of hydrogen-bond acceptors (Lipinski definition) is 5. The lowest BCUT2D eigenvalue weighted by molar-refractivity contribution is -0.384. The third-order valence-corrected chi connectivity index (χ3v) is 4.10. The van der Waals surface area contributed by atoms with Crippen molar-refractivity contribution in [3.05, 3.63) is 67.1 Å². The molecule has 7 nitrogen and oxygen atoms in total. The molecule has 0 atom stereocenters. The molecule has 0 aliphatic heterocycles. The zero-order valence-corrected chi connectivity index (χ0v) is 15.3. The van der Waals surface area contributed by atoms with Crippen LogP contribution in [0.1, 0.15) is 15.9 Å². The molecule has 0 aliphatic rings. The van der Waals surface area contributed by atoms with Crippen molar-refractivity contribution in [3.8, 4) is 0 Å². The van der Waals surface area contributed by atoms with Crippen LogP contribution in [-0.2, 0) is 9.53 Å². The lowest BCUT2D eigenvalue weighted by atomic mass is 10.2. The van der Waals surface area contributed by atoms with Crippen LogP contribution in [0, 0.1) is 17.0 Å². The predicted molar refractivity (Wildman–Crippen MR) is 95.9 cm³/mol. The molecular weight excluding hydrogens is 416 g/mol. The monoisotopic (exact) mass is 426 g/mol. The van der Waals surface area contributed by atoms with Gasteiger partial charge in [-0.15, -0.1) is 0 Å². The number of benzene rings is 2. The number of rotatable bonds is 5. The Hall–Kier alpha value is -2.45. The Morgan fingerprint density at radius 3 is 2.64 bits per heavy atom. The molecule has 0 fully saturated rings. The van der Waals surface area contributed by atoms with E-state index in [2.05, 4.69) is 21.2 Å². The van der Waals surface area contributed by atoms with Gasteiger partial charge >= 0.3 is 5.97 Å². The summed E-state index contributed by atoms with van der Waals surface area (Å²) in [5.74, 6) is -1.48. The number of halogens is 2. The highest BCUT2D eigenvalue weighted by atomic mass is 79.9. The zero-order valence-electron chi connectivity index (χ0n) is 12.9. The summed E-state index contributed by atoms with van der Waals surface area (Å²) < 4.78 is 5.56. The van der Waals surface area contributed by atoms with E-state index in [4.69, 9.17) is 16.3 Å². The average molecular weight is 428 g/mol. The van der Waals surface area contributed by atoms with E-state index in [-0.39, 0.29) is 16.3 Å². The fourth-order valence-corrected chi connectivity index (χ4v) is 2.69. The number of nitro benzene ring substituents is 1. The van der Waals surface area contributed by atoms with Crippen molar-refractivity contribution in [3.63, 3.8) is 0 Å². The van der Waals surface area contributed by atoms with Gasteiger partial charge in [-0.05, 0) is 46.6 Å². The van der Waals surface area contributed by atoms with E-state index >= 15 is 0 Å². The van der Waals surface area contributed by atoms with E-state index in [1.165, 1.54) is 12.1 Å². The summed E-state index contributed by atoms with van der Waals surface area (Å²) in [5.41, 5.74) is 1.06. The summed E-state index contributed by atoms with van der Waals surface area (Å²) in [5, 5.41) is 13.3. The molecule has 0 spiro atoms. The maximum atomic E-state index is 12.0. The molecule has 2 rings (SSSR count). The Morgan fingerprint density at radius 1 is 1.28 bits per heavy atom. The zero-order chi connectivity index (χ0) is 18.6. The molecule has 2 aromatic carbocycles. The molecule has 1 N–H and O–H groups in total. The second-order valence-corrected chi connectivity index (χ2v) is 6.29. The van der Waals surface area contributed by atoms with Gasteiger partial charge in [0.25, 0.3) is 11.6 Å². The largest absolute Gasteiger partial charge is 0.452 e. The Kier molecular flexibility index (Phi) is 6.11.